The highest BCUT2D eigenvalue weighted by atomic mass is 19.4. The molecule has 0 aliphatic carbocycles. The fraction of sp³-hybridized carbons (Fsp3) is 0.448. The molecule has 0 spiro atoms. The van der Waals surface area contributed by atoms with Crippen molar-refractivity contribution < 1.29 is 27.4 Å². The molecule has 0 aliphatic rings. The van der Waals surface area contributed by atoms with E-state index in [9.17, 15) is 18.0 Å². The third-order valence-electron chi connectivity index (χ3n) is 6.37. The third kappa shape index (κ3) is 6.56. The maximum atomic E-state index is 13.0. The molecule has 0 fully saturated rings. The van der Waals surface area contributed by atoms with Gasteiger partial charge in [-0.25, -0.2) is 4.79 Å². The minimum absolute atomic E-state index is 0.165. The first-order chi connectivity index (χ1) is 17.8. The molecule has 2 aromatic carbocycles. The number of alkyl halides is 3. The summed E-state index contributed by atoms with van der Waals surface area (Å²) in [6, 6.07) is 12.6. The van der Waals surface area contributed by atoms with Gasteiger partial charge in [-0.1, -0.05) is 31.2 Å². The fourth-order valence-corrected chi connectivity index (χ4v) is 4.42. The molecule has 3 aromatic rings. The van der Waals surface area contributed by atoms with Crippen molar-refractivity contribution in [2.45, 2.75) is 58.9 Å². The van der Waals surface area contributed by atoms with Crippen molar-refractivity contribution in [3.8, 4) is 17.0 Å². The van der Waals surface area contributed by atoms with E-state index in [1.165, 1.54) is 12.1 Å². The summed E-state index contributed by atoms with van der Waals surface area (Å²) in [7, 11) is 3.87. The minimum Gasteiger partial charge on any atom is -0.476 e. The van der Waals surface area contributed by atoms with Crippen molar-refractivity contribution in [2.75, 3.05) is 20.2 Å². The lowest BCUT2D eigenvalue weighted by Gasteiger charge is -2.29. The lowest BCUT2D eigenvalue weighted by molar-refractivity contribution is -0.158. The van der Waals surface area contributed by atoms with Gasteiger partial charge in [0.2, 0.25) is 0 Å². The second-order valence-electron chi connectivity index (χ2n) is 9.89. The number of nitrogens with zero attached hydrogens (tertiary/aromatic N) is 3. The van der Waals surface area contributed by atoms with Gasteiger partial charge in [0.1, 0.15) is 5.75 Å². The average Bonchev–Trinajstić information content (AvgIpc) is 3.22. The van der Waals surface area contributed by atoms with Crippen LogP contribution in [-0.2, 0) is 22.8 Å². The van der Waals surface area contributed by atoms with E-state index in [0.717, 1.165) is 41.9 Å². The first-order valence-electron chi connectivity index (χ1n) is 12.7. The SMILES string of the molecule is CCCN(C)C(c1ccc(OC(C)(C)C(=O)OCC)c(C)c1)c1cc(-c2ccc(C(F)(F)F)cc2)nn1C. The molecule has 0 aliphatic heterocycles. The lowest BCUT2D eigenvalue weighted by Crippen LogP contribution is -2.40. The number of esters is 1. The summed E-state index contributed by atoms with van der Waals surface area (Å²) in [4.78, 5) is 14.5. The molecule has 1 unspecified atom stereocenters. The van der Waals surface area contributed by atoms with Gasteiger partial charge < -0.3 is 9.47 Å². The summed E-state index contributed by atoms with van der Waals surface area (Å²) in [5, 5.41) is 4.62. The van der Waals surface area contributed by atoms with Crippen molar-refractivity contribution in [1.29, 1.82) is 0 Å². The van der Waals surface area contributed by atoms with E-state index in [0.29, 0.717) is 17.0 Å². The van der Waals surface area contributed by atoms with Crippen LogP contribution in [0.3, 0.4) is 0 Å². The molecule has 0 amide bonds. The molecular weight excluding hydrogens is 495 g/mol. The fourth-order valence-electron chi connectivity index (χ4n) is 4.42. The first kappa shape index (κ1) is 29.2. The van der Waals surface area contributed by atoms with Gasteiger partial charge >= 0.3 is 12.1 Å². The van der Waals surface area contributed by atoms with E-state index in [4.69, 9.17) is 9.47 Å². The molecule has 0 N–H and O–H groups in total. The van der Waals surface area contributed by atoms with Gasteiger partial charge in [-0.2, -0.15) is 18.3 Å². The van der Waals surface area contributed by atoms with Gasteiger partial charge in [0.15, 0.2) is 5.60 Å². The average molecular weight is 532 g/mol. The van der Waals surface area contributed by atoms with Crippen LogP contribution in [0.2, 0.25) is 0 Å². The van der Waals surface area contributed by atoms with E-state index in [1.807, 2.05) is 45.3 Å². The molecule has 206 valence electrons. The van der Waals surface area contributed by atoms with Crippen LogP contribution in [0.25, 0.3) is 11.3 Å². The van der Waals surface area contributed by atoms with Crippen molar-refractivity contribution in [1.82, 2.24) is 14.7 Å². The molecule has 1 aromatic heterocycles. The van der Waals surface area contributed by atoms with Crippen LogP contribution in [0.5, 0.6) is 5.75 Å². The minimum atomic E-state index is -4.39. The Kier molecular flexibility index (Phi) is 8.92. The van der Waals surface area contributed by atoms with Crippen LogP contribution in [0.4, 0.5) is 13.2 Å². The largest absolute Gasteiger partial charge is 0.476 e. The van der Waals surface area contributed by atoms with Crippen LogP contribution in [0.1, 0.15) is 62.5 Å². The maximum Gasteiger partial charge on any atom is 0.416 e. The summed E-state index contributed by atoms with van der Waals surface area (Å²) in [5.41, 5.74) is 2.13. The topological polar surface area (TPSA) is 56.6 Å². The molecule has 3 rings (SSSR count). The number of aromatic nitrogens is 2. The Hall–Kier alpha value is -3.33. The molecule has 0 saturated heterocycles. The maximum absolute atomic E-state index is 13.0. The van der Waals surface area contributed by atoms with Crippen LogP contribution >= 0.6 is 0 Å². The number of hydrogen-bond acceptors (Lipinski definition) is 5. The predicted octanol–water partition coefficient (Wildman–Crippen LogP) is 6.57. The van der Waals surface area contributed by atoms with Gasteiger partial charge in [0.25, 0.3) is 0 Å². The van der Waals surface area contributed by atoms with Crippen LogP contribution in [-0.4, -0.2) is 46.5 Å². The second-order valence-corrected chi connectivity index (χ2v) is 9.89. The summed E-state index contributed by atoms with van der Waals surface area (Å²) in [6.07, 6.45) is -3.45. The van der Waals surface area contributed by atoms with Gasteiger partial charge in [-0.15, -0.1) is 0 Å². The zero-order valence-electron chi connectivity index (χ0n) is 23.0. The highest BCUT2D eigenvalue weighted by molar-refractivity contribution is 5.79. The Labute approximate surface area is 222 Å². The van der Waals surface area contributed by atoms with Crippen LogP contribution in [0, 0.1) is 6.92 Å². The standard InChI is InChI=1S/C29H36F3N3O3/c1-8-16-34(6)26(21-12-15-25(19(3)17-21)38-28(4,5)27(36)37-9-2)24-18-23(33-35(24)7)20-10-13-22(14-11-20)29(30,31)32/h10-15,17-18,26H,8-9,16H2,1-7H3. The van der Waals surface area contributed by atoms with Crippen molar-refractivity contribution in [3.63, 3.8) is 0 Å². The van der Waals surface area contributed by atoms with Crippen molar-refractivity contribution in [3.05, 3.63) is 70.9 Å². The molecule has 0 radical (unpaired) electrons. The zero-order chi connectivity index (χ0) is 28.3. The van der Waals surface area contributed by atoms with E-state index < -0.39 is 23.3 Å². The Morgan fingerprint density at radius 2 is 1.74 bits per heavy atom. The van der Waals surface area contributed by atoms with Crippen molar-refractivity contribution >= 4 is 5.97 Å². The van der Waals surface area contributed by atoms with E-state index in [1.54, 1.807) is 25.5 Å². The lowest BCUT2D eigenvalue weighted by atomic mass is 9.98. The Morgan fingerprint density at radius 1 is 1.08 bits per heavy atom. The Balaban J connectivity index is 1.97. The molecule has 1 atom stereocenters. The van der Waals surface area contributed by atoms with Crippen LogP contribution < -0.4 is 4.74 Å². The highest BCUT2D eigenvalue weighted by Crippen LogP contribution is 2.35. The summed E-state index contributed by atoms with van der Waals surface area (Å²) < 4.78 is 52.0. The smallest absolute Gasteiger partial charge is 0.416 e. The highest BCUT2D eigenvalue weighted by Gasteiger charge is 2.33. The zero-order valence-corrected chi connectivity index (χ0v) is 23.0. The van der Waals surface area contributed by atoms with Gasteiger partial charge in [0, 0.05) is 12.6 Å². The monoisotopic (exact) mass is 531 g/mol. The summed E-state index contributed by atoms with van der Waals surface area (Å²) >= 11 is 0. The number of aryl methyl sites for hydroxylation is 2. The summed E-state index contributed by atoms with van der Waals surface area (Å²) in [6.45, 7) is 10.2. The number of ether oxygens (including phenoxy) is 2. The van der Waals surface area contributed by atoms with E-state index in [-0.39, 0.29) is 12.6 Å². The second kappa shape index (κ2) is 11.6. The molecule has 0 saturated carbocycles. The Morgan fingerprint density at radius 3 is 2.29 bits per heavy atom. The van der Waals surface area contributed by atoms with E-state index in [2.05, 4.69) is 16.9 Å². The predicted molar refractivity (Wildman–Crippen MR) is 141 cm³/mol. The summed E-state index contributed by atoms with van der Waals surface area (Å²) in [5.74, 6) is 0.147. The number of halogens is 3. The normalized spacial score (nSPS) is 13.0. The van der Waals surface area contributed by atoms with Crippen LogP contribution in [0.15, 0.2) is 48.5 Å². The molecule has 9 heteroatoms. The van der Waals surface area contributed by atoms with Crippen molar-refractivity contribution in [2.24, 2.45) is 7.05 Å². The number of benzene rings is 2. The number of carbonyl (C=O) groups excluding carboxylic acids is 1. The molecule has 38 heavy (non-hydrogen) atoms. The molecule has 6 nitrogen and oxygen atoms in total. The molecule has 1 heterocycles. The van der Waals surface area contributed by atoms with Gasteiger partial charge in [-0.3, -0.25) is 9.58 Å². The van der Waals surface area contributed by atoms with Gasteiger partial charge in [-0.05, 0) is 83.1 Å². The quantitative estimate of drug-likeness (QED) is 0.277. The van der Waals surface area contributed by atoms with E-state index >= 15 is 0 Å². The molecule has 0 bridgehead atoms. The molecular formula is C29H36F3N3O3. The van der Waals surface area contributed by atoms with Gasteiger partial charge in [0.05, 0.1) is 29.6 Å². The third-order valence-corrected chi connectivity index (χ3v) is 6.37. The number of carbonyl (C=O) groups is 1. The number of rotatable bonds is 10. The first-order valence-corrected chi connectivity index (χ1v) is 12.7. The Bertz CT molecular complexity index is 1250. The number of hydrogen-bond donors (Lipinski definition) is 0.